The first-order chi connectivity index (χ1) is 15.0. The van der Waals surface area contributed by atoms with Crippen LogP contribution in [0.4, 0.5) is 0 Å². The Kier molecular flexibility index (Phi) is 6.09. The summed E-state index contributed by atoms with van der Waals surface area (Å²) in [6.07, 6.45) is 5.81. The number of pyridine rings is 2. The maximum absolute atomic E-state index is 9.65. The number of nitrogens with zero attached hydrogens (tertiary/aromatic N) is 8. The van der Waals surface area contributed by atoms with Gasteiger partial charge in [0.2, 0.25) is 0 Å². The van der Waals surface area contributed by atoms with Crippen molar-refractivity contribution >= 4 is 31.1 Å². The van der Waals surface area contributed by atoms with Crippen LogP contribution in [0.15, 0.2) is 36.9 Å². The number of fused-ring (bicyclic) bond motifs is 1. The van der Waals surface area contributed by atoms with Crippen LogP contribution in [0.5, 0.6) is 0 Å². The molecule has 0 aliphatic carbocycles. The summed E-state index contributed by atoms with van der Waals surface area (Å²) in [6, 6.07) is 5.84. The van der Waals surface area contributed by atoms with Crippen molar-refractivity contribution in [3.8, 4) is 23.1 Å². The zero-order chi connectivity index (χ0) is 22.0. The fourth-order valence-corrected chi connectivity index (χ4v) is 5.29. The van der Waals surface area contributed by atoms with Gasteiger partial charge in [0, 0.05) is 0 Å². The van der Waals surface area contributed by atoms with Crippen LogP contribution in [0.2, 0.25) is 4.71 Å². The van der Waals surface area contributed by atoms with Gasteiger partial charge in [-0.2, -0.15) is 0 Å². The van der Waals surface area contributed by atoms with E-state index in [1.807, 2.05) is 6.07 Å². The molecule has 10 nitrogen and oxygen atoms in total. The number of aliphatic hydroxyl groups is 2. The molecule has 0 aliphatic heterocycles. The van der Waals surface area contributed by atoms with Crippen molar-refractivity contribution in [2.24, 2.45) is 0 Å². The zero-order valence-corrected chi connectivity index (χ0v) is 18.8. The van der Waals surface area contributed by atoms with Gasteiger partial charge in [0.15, 0.2) is 0 Å². The van der Waals surface area contributed by atoms with Crippen molar-refractivity contribution in [3.05, 3.63) is 42.5 Å². The van der Waals surface area contributed by atoms with Crippen molar-refractivity contribution in [2.75, 3.05) is 6.61 Å². The molecule has 0 saturated heterocycles. The summed E-state index contributed by atoms with van der Waals surface area (Å²) in [5.41, 5.74) is 2.67. The van der Waals surface area contributed by atoms with Crippen LogP contribution < -0.4 is 4.35 Å². The molecule has 0 saturated carbocycles. The molecule has 11 heteroatoms. The second-order valence-corrected chi connectivity index (χ2v) is 11.0. The first kappa shape index (κ1) is 21.1. The van der Waals surface area contributed by atoms with Crippen LogP contribution in [-0.2, 0) is 6.54 Å². The topological polar surface area (TPSA) is 139 Å². The Morgan fingerprint density at radius 3 is 2.77 bits per heavy atom. The number of nitriles is 1. The molecule has 1 atom stereocenters. The molecule has 0 bridgehead atoms. The monoisotopic (exact) mass is 479 g/mol. The molecule has 4 aromatic rings. The third-order valence-electron chi connectivity index (χ3n) is 4.44. The molecule has 0 spiro atoms. The molecule has 4 rings (SSSR count). The van der Waals surface area contributed by atoms with Crippen molar-refractivity contribution in [1.29, 1.82) is 5.26 Å². The number of aliphatic hydroxyl groups excluding tert-OH is 2. The SMILES string of the molecule is CC(C)[As]c1cc(-n2ncc3cc(C#N)cnc32)ncc1-c1cn(CC(O)CO)nn1. The number of rotatable bonds is 7. The van der Waals surface area contributed by atoms with E-state index in [0.29, 0.717) is 27.4 Å². The van der Waals surface area contributed by atoms with Crippen LogP contribution in [0.3, 0.4) is 0 Å². The van der Waals surface area contributed by atoms with E-state index >= 15 is 0 Å². The third kappa shape index (κ3) is 4.49. The van der Waals surface area contributed by atoms with Gasteiger partial charge in [-0.25, -0.2) is 0 Å². The molecular formula is C20H20AsN8O2. The molecule has 2 N–H and O–H groups in total. The molecule has 157 valence electrons. The summed E-state index contributed by atoms with van der Waals surface area (Å²) >= 11 is -0.180. The summed E-state index contributed by atoms with van der Waals surface area (Å²) in [5, 5.41) is 41.2. The average molecular weight is 479 g/mol. The summed E-state index contributed by atoms with van der Waals surface area (Å²) in [6.45, 7) is 4.17. The van der Waals surface area contributed by atoms with E-state index in [1.165, 1.54) is 10.9 Å². The van der Waals surface area contributed by atoms with Gasteiger partial charge in [0.1, 0.15) is 0 Å². The predicted octanol–water partition coefficient (Wildman–Crippen LogP) is 0.457. The molecule has 0 aliphatic rings. The minimum atomic E-state index is -0.890. The Labute approximate surface area is 184 Å². The standard InChI is InChI=1S/C20H20AsN8O2/c1-12(2)21-17-4-19(29-20-14(7-25-29)3-13(5-22)6-24-20)23-8-16(17)18-10-28(27-26-18)9-15(31)11-30/h3-4,6-8,10,12,15,30-31H,9,11H2,1-2H3. The molecule has 1 unspecified atom stereocenters. The van der Waals surface area contributed by atoms with Gasteiger partial charge in [-0.05, 0) is 0 Å². The second kappa shape index (κ2) is 8.94. The molecule has 1 radical (unpaired) electrons. The molecular weight excluding hydrogens is 459 g/mol. The van der Waals surface area contributed by atoms with Gasteiger partial charge in [-0.3, -0.25) is 0 Å². The maximum atomic E-state index is 9.65. The molecule has 4 heterocycles. The van der Waals surface area contributed by atoms with Crippen molar-refractivity contribution in [3.63, 3.8) is 0 Å². The van der Waals surface area contributed by atoms with Crippen molar-refractivity contribution in [2.45, 2.75) is 31.2 Å². The molecule has 0 aromatic carbocycles. The van der Waals surface area contributed by atoms with E-state index in [-0.39, 0.29) is 28.9 Å². The Balaban J connectivity index is 1.74. The molecule has 0 fully saturated rings. The van der Waals surface area contributed by atoms with Crippen molar-refractivity contribution < 1.29 is 10.2 Å². The summed E-state index contributed by atoms with van der Waals surface area (Å²) < 4.78 is 4.79. The summed E-state index contributed by atoms with van der Waals surface area (Å²) in [4.78, 5) is 8.96. The van der Waals surface area contributed by atoms with Crippen LogP contribution in [0.1, 0.15) is 19.4 Å². The van der Waals surface area contributed by atoms with Crippen LogP contribution in [0, 0.1) is 11.3 Å². The van der Waals surface area contributed by atoms with E-state index in [2.05, 4.69) is 45.3 Å². The van der Waals surface area contributed by atoms with E-state index in [1.54, 1.807) is 29.3 Å². The van der Waals surface area contributed by atoms with Crippen LogP contribution in [0.25, 0.3) is 28.1 Å². The van der Waals surface area contributed by atoms with Gasteiger partial charge in [-0.1, -0.05) is 0 Å². The number of aromatic nitrogens is 7. The normalized spacial score (nSPS) is 12.8. The van der Waals surface area contributed by atoms with Gasteiger partial charge >= 0.3 is 185 Å². The summed E-state index contributed by atoms with van der Waals surface area (Å²) in [7, 11) is 0. The Hall–Kier alpha value is -3.12. The average Bonchev–Trinajstić information content (AvgIpc) is 3.39. The Morgan fingerprint density at radius 1 is 1.19 bits per heavy atom. The second-order valence-electron chi connectivity index (χ2n) is 7.25. The molecule has 31 heavy (non-hydrogen) atoms. The van der Waals surface area contributed by atoms with Crippen LogP contribution in [-0.4, -0.2) is 73.4 Å². The molecule has 4 aromatic heterocycles. The van der Waals surface area contributed by atoms with Gasteiger partial charge in [-0.15, -0.1) is 0 Å². The number of hydrogen-bond donors (Lipinski definition) is 2. The third-order valence-corrected chi connectivity index (χ3v) is 6.89. The van der Waals surface area contributed by atoms with E-state index in [0.717, 1.165) is 15.3 Å². The molecule has 0 amide bonds. The number of hydrogen-bond acceptors (Lipinski definition) is 8. The first-order valence-corrected chi connectivity index (χ1v) is 11.6. The Bertz CT molecular complexity index is 1260. The minimum absolute atomic E-state index is 0.165. The quantitative estimate of drug-likeness (QED) is 0.365. The van der Waals surface area contributed by atoms with E-state index < -0.39 is 6.10 Å². The fourth-order valence-electron chi connectivity index (χ4n) is 3.07. The fraction of sp³-hybridized carbons (Fsp3) is 0.300. The van der Waals surface area contributed by atoms with Gasteiger partial charge in [0.05, 0.1) is 0 Å². The van der Waals surface area contributed by atoms with Crippen LogP contribution >= 0.6 is 0 Å². The van der Waals surface area contributed by atoms with E-state index in [9.17, 15) is 5.11 Å². The van der Waals surface area contributed by atoms with Crippen molar-refractivity contribution in [1.82, 2.24) is 34.7 Å². The van der Waals surface area contributed by atoms with Gasteiger partial charge in [0.25, 0.3) is 0 Å². The predicted molar refractivity (Wildman–Crippen MR) is 114 cm³/mol. The zero-order valence-electron chi connectivity index (χ0n) is 17.0. The first-order valence-electron chi connectivity index (χ1n) is 9.63. The van der Waals surface area contributed by atoms with Gasteiger partial charge < -0.3 is 0 Å². The Morgan fingerprint density at radius 2 is 2.03 bits per heavy atom. The van der Waals surface area contributed by atoms with E-state index in [4.69, 9.17) is 10.4 Å². The summed E-state index contributed by atoms with van der Waals surface area (Å²) in [5.74, 6) is 0.644.